The largest absolute Gasteiger partial charge is 0.384 e. The third-order valence-electron chi connectivity index (χ3n) is 5.81. The Balaban J connectivity index is 1.89. The Bertz CT molecular complexity index is 1140. The molecule has 1 aliphatic carbocycles. The number of ketones is 1. The summed E-state index contributed by atoms with van der Waals surface area (Å²) >= 11 is 14.3. The number of unbranched alkanes of at least 4 members (excludes halogenated alkanes) is 1. The first-order valence-corrected chi connectivity index (χ1v) is 12.0. The molecule has 0 amide bonds. The molecule has 1 aromatic carbocycles. The Morgan fingerprint density at radius 3 is 2.77 bits per heavy atom. The molecule has 0 bridgehead atoms. The first-order chi connectivity index (χ1) is 15.0. The number of halogens is 2. The molecule has 0 fully saturated rings. The van der Waals surface area contributed by atoms with Gasteiger partial charge in [-0.05, 0) is 56.0 Å². The number of Topliss-reactive ketones (excluding diaryl/α,β-unsaturated/α-hetero) is 1. The number of hydrogen-bond acceptors (Lipinski definition) is 5. The van der Waals surface area contributed by atoms with E-state index >= 15 is 0 Å². The van der Waals surface area contributed by atoms with E-state index in [1.165, 1.54) is 4.88 Å². The Hall–Kier alpha value is -2.26. The third kappa shape index (κ3) is 4.01. The zero-order valence-electron chi connectivity index (χ0n) is 17.3. The van der Waals surface area contributed by atoms with Gasteiger partial charge < -0.3 is 5.73 Å². The van der Waals surface area contributed by atoms with Crippen LogP contribution in [-0.4, -0.2) is 5.78 Å². The zero-order valence-corrected chi connectivity index (χ0v) is 19.6. The van der Waals surface area contributed by atoms with Gasteiger partial charge in [-0.15, -0.1) is 11.3 Å². The number of nitrogens with two attached hydrogens (primary N) is 1. The average molecular weight is 472 g/mol. The van der Waals surface area contributed by atoms with Crippen molar-refractivity contribution in [2.24, 2.45) is 5.73 Å². The quantitative estimate of drug-likeness (QED) is 0.526. The fourth-order valence-electron chi connectivity index (χ4n) is 4.34. The Morgan fingerprint density at radius 2 is 2.06 bits per heavy atom. The van der Waals surface area contributed by atoms with Crippen LogP contribution in [0.15, 0.2) is 53.0 Å². The minimum Gasteiger partial charge on any atom is -0.384 e. The highest BCUT2D eigenvalue weighted by molar-refractivity contribution is 7.12. The van der Waals surface area contributed by atoms with E-state index in [0.29, 0.717) is 45.5 Å². The number of allylic oxidation sites excluding steroid dienone is 3. The van der Waals surface area contributed by atoms with E-state index in [1.807, 2.05) is 6.07 Å². The second kappa shape index (κ2) is 9.08. The standard InChI is InChI=1S/C24H23Cl2N3OS/c1-2-3-5-15-9-11-21(31-15)22-16(13-27)24(28)29(18-10-8-14(25)12-17(18)26)19-6-4-7-20(30)23(19)22/h8-12,22H,2-7,28H2,1H3. The summed E-state index contributed by atoms with van der Waals surface area (Å²) in [5, 5.41) is 11.0. The molecule has 4 rings (SSSR count). The second-order valence-corrected chi connectivity index (χ2v) is 9.86. The number of hydrogen-bond donors (Lipinski definition) is 1. The van der Waals surface area contributed by atoms with Crippen LogP contribution in [0.5, 0.6) is 0 Å². The van der Waals surface area contributed by atoms with Gasteiger partial charge in [0.1, 0.15) is 5.82 Å². The van der Waals surface area contributed by atoms with Gasteiger partial charge >= 0.3 is 0 Å². The lowest BCUT2D eigenvalue weighted by Crippen LogP contribution is -2.38. The SMILES string of the molecule is CCCCc1ccc(C2C(C#N)=C(N)N(c3ccc(Cl)cc3Cl)C3=C2C(=O)CCC3)s1. The summed E-state index contributed by atoms with van der Waals surface area (Å²) in [6, 6.07) is 11.6. The lowest BCUT2D eigenvalue weighted by molar-refractivity contribution is -0.116. The molecular formula is C24H23Cl2N3OS. The zero-order chi connectivity index (χ0) is 22.1. The molecule has 2 heterocycles. The molecule has 1 aromatic heterocycles. The van der Waals surface area contributed by atoms with Crippen LogP contribution in [0.1, 0.15) is 54.7 Å². The van der Waals surface area contributed by atoms with E-state index in [-0.39, 0.29) is 5.78 Å². The lowest BCUT2D eigenvalue weighted by Gasteiger charge is -2.39. The van der Waals surface area contributed by atoms with Gasteiger partial charge in [0.05, 0.1) is 28.3 Å². The van der Waals surface area contributed by atoms with Gasteiger partial charge in [0, 0.05) is 32.5 Å². The molecule has 1 aliphatic heterocycles. The van der Waals surface area contributed by atoms with Gasteiger partial charge in [-0.25, -0.2) is 0 Å². The van der Waals surface area contributed by atoms with Crippen LogP contribution in [0.4, 0.5) is 5.69 Å². The van der Waals surface area contributed by atoms with Crippen molar-refractivity contribution in [2.75, 3.05) is 4.90 Å². The van der Waals surface area contributed by atoms with Crippen molar-refractivity contribution >= 4 is 46.0 Å². The van der Waals surface area contributed by atoms with E-state index in [2.05, 4.69) is 19.1 Å². The number of aryl methyl sites for hydroxylation is 1. The lowest BCUT2D eigenvalue weighted by atomic mass is 9.78. The molecular weight excluding hydrogens is 449 g/mol. The number of nitrogens with zero attached hydrogens (tertiary/aromatic N) is 2. The van der Waals surface area contributed by atoms with Gasteiger partial charge in [0.2, 0.25) is 0 Å². The van der Waals surface area contributed by atoms with Gasteiger partial charge in [-0.2, -0.15) is 5.26 Å². The maximum absolute atomic E-state index is 13.2. The summed E-state index contributed by atoms with van der Waals surface area (Å²) in [6.45, 7) is 2.17. The van der Waals surface area contributed by atoms with Crippen molar-refractivity contribution in [1.82, 2.24) is 0 Å². The average Bonchev–Trinajstić information content (AvgIpc) is 3.21. The van der Waals surface area contributed by atoms with Gasteiger partial charge in [-0.1, -0.05) is 36.5 Å². The topological polar surface area (TPSA) is 70.1 Å². The normalized spacial score (nSPS) is 19.0. The van der Waals surface area contributed by atoms with Gasteiger partial charge in [-0.3, -0.25) is 9.69 Å². The number of carbonyl (C=O) groups excluding carboxylic acids is 1. The third-order valence-corrected chi connectivity index (χ3v) is 7.56. The smallest absolute Gasteiger partial charge is 0.161 e. The fraction of sp³-hybridized carbons (Fsp3) is 0.333. The van der Waals surface area contributed by atoms with Crippen LogP contribution in [-0.2, 0) is 11.2 Å². The summed E-state index contributed by atoms with van der Waals surface area (Å²) in [6.07, 6.45) is 5.16. The number of nitriles is 1. The summed E-state index contributed by atoms with van der Waals surface area (Å²) in [4.78, 5) is 17.2. The highest BCUT2D eigenvalue weighted by atomic mass is 35.5. The molecule has 160 valence electrons. The van der Waals surface area contributed by atoms with E-state index in [4.69, 9.17) is 28.9 Å². The van der Waals surface area contributed by atoms with Crippen LogP contribution in [0.3, 0.4) is 0 Å². The van der Waals surface area contributed by atoms with Gasteiger partial charge in [0.15, 0.2) is 5.78 Å². The minimum absolute atomic E-state index is 0.0742. The molecule has 2 N–H and O–H groups in total. The number of carbonyl (C=O) groups is 1. The number of thiophene rings is 1. The first kappa shape index (κ1) is 22.0. The molecule has 0 radical (unpaired) electrons. The Labute approximate surface area is 196 Å². The molecule has 0 spiro atoms. The molecule has 1 atom stereocenters. The molecule has 7 heteroatoms. The highest BCUT2D eigenvalue weighted by Gasteiger charge is 2.41. The van der Waals surface area contributed by atoms with E-state index in [1.54, 1.807) is 34.4 Å². The van der Waals surface area contributed by atoms with Crippen LogP contribution in [0, 0.1) is 11.3 Å². The predicted molar refractivity (Wildman–Crippen MR) is 127 cm³/mol. The van der Waals surface area contributed by atoms with Crippen LogP contribution >= 0.6 is 34.5 Å². The number of rotatable bonds is 5. The molecule has 2 aliphatic rings. The molecule has 2 aromatic rings. The molecule has 1 unspecified atom stereocenters. The molecule has 0 saturated heterocycles. The Kier molecular flexibility index (Phi) is 6.43. The maximum Gasteiger partial charge on any atom is 0.161 e. The van der Waals surface area contributed by atoms with Crippen LogP contribution in [0.25, 0.3) is 0 Å². The monoisotopic (exact) mass is 471 g/mol. The van der Waals surface area contributed by atoms with E-state index in [9.17, 15) is 10.1 Å². The van der Waals surface area contributed by atoms with Gasteiger partial charge in [0.25, 0.3) is 0 Å². The number of anilines is 1. The van der Waals surface area contributed by atoms with Crippen molar-refractivity contribution < 1.29 is 4.79 Å². The summed E-state index contributed by atoms with van der Waals surface area (Å²) in [5.74, 6) is -0.0192. The van der Waals surface area contributed by atoms with Crippen molar-refractivity contribution in [3.63, 3.8) is 0 Å². The summed E-state index contributed by atoms with van der Waals surface area (Å²) < 4.78 is 0. The van der Waals surface area contributed by atoms with Crippen molar-refractivity contribution in [2.45, 2.75) is 51.4 Å². The summed E-state index contributed by atoms with van der Waals surface area (Å²) in [7, 11) is 0. The maximum atomic E-state index is 13.2. The second-order valence-electron chi connectivity index (χ2n) is 7.82. The van der Waals surface area contributed by atoms with Crippen LogP contribution in [0.2, 0.25) is 10.0 Å². The van der Waals surface area contributed by atoms with Crippen molar-refractivity contribution in [3.8, 4) is 6.07 Å². The van der Waals surface area contributed by atoms with Crippen LogP contribution < -0.4 is 10.6 Å². The highest BCUT2D eigenvalue weighted by Crippen LogP contribution is 2.48. The fourth-order valence-corrected chi connectivity index (χ4v) is 6.01. The Morgan fingerprint density at radius 1 is 1.26 bits per heavy atom. The molecule has 31 heavy (non-hydrogen) atoms. The number of benzene rings is 1. The van der Waals surface area contributed by atoms with E-state index < -0.39 is 5.92 Å². The molecule has 0 saturated carbocycles. The predicted octanol–water partition coefficient (Wildman–Crippen LogP) is 6.70. The summed E-state index contributed by atoms with van der Waals surface area (Å²) in [5.41, 5.74) is 9.13. The van der Waals surface area contributed by atoms with Crippen molar-refractivity contribution in [1.29, 1.82) is 5.26 Å². The molecule has 4 nitrogen and oxygen atoms in total. The first-order valence-electron chi connectivity index (χ1n) is 10.5. The van der Waals surface area contributed by atoms with E-state index in [0.717, 1.165) is 36.3 Å². The van der Waals surface area contributed by atoms with Crippen molar-refractivity contribution in [3.05, 3.63) is 72.8 Å². The minimum atomic E-state index is -0.421.